The summed E-state index contributed by atoms with van der Waals surface area (Å²) in [4.78, 5) is 58.9. The highest BCUT2D eigenvalue weighted by Crippen LogP contribution is 2.31. The number of methoxy groups -OCH3 is 1. The Morgan fingerprint density at radius 3 is 2.40 bits per heavy atom. The Morgan fingerprint density at radius 2 is 1.82 bits per heavy atom. The molecule has 0 saturated carbocycles. The second kappa shape index (κ2) is 15.1. The second-order valence-electron chi connectivity index (χ2n) is 13.6. The number of fused-ring (bicyclic) bond motifs is 3. The van der Waals surface area contributed by atoms with Crippen LogP contribution in [0.5, 0.6) is 11.5 Å². The number of ether oxygens (including phenoxy) is 2. The summed E-state index contributed by atoms with van der Waals surface area (Å²) in [5, 5.41) is 8.78. The molecule has 1 fully saturated rings. The van der Waals surface area contributed by atoms with Gasteiger partial charge >= 0.3 is 0 Å². The van der Waals surface area contributed by atoms with Crippen LogP contribution in [0.3, 0.4) is 0 Å². The van der Waals surface area contributed by atoms with Gasteiger partial charge in [0.05, 0.1) is 13.2 Å². The molecule has 0 aromatic heterocycles. The summed E-state index contributed by atoms with van der Waals surface area (Å²) < 4.78 is 11.9. The number of carbonyl (C=O) groups is 4. The number of carbonyl (C=O) groups excluding carboxylic acids is 4. The fourth-order valence-corrected chi connectivity index (χ4v) is 6.28. The molecule has 2 heterocycles. The van der Waals surface area contributed by atoms with Crippen LogP contribution >= 0.6 is 0 Å². The highest BCUT2D eigenvalue weighted by molar-refractivity contribution is 5.96. The Morgan fingerprint density at radius 1 is 1.13 bits per heavy atom. The van der Waals surface area contributed by atoms with Crippen LogP contribution in [-0.4, -0.2) is 91.4 Å². The minimum Gasteiger partial charge on any atom is -0.496 e. The summed E-state index contributed by atoms with van der Waals surface area (Å²) >= 11 is 0. The molecule has 11 nitrogen and oxygen atoms in total. The van der Waals surface area contributed by atoms with Gasteiger partial charge in [-0.15, -0.1) is 0 Å². The average Bonchev–Trinajstić information content (AvgIpc) is 3.39. The lowest BCUT2D eigenvalue weighted by Crippen LogP contribution is -2.62. The third kappa shape index (κ3) is 8.36. The third-order valence-electron chi connectivity index (χ3n) is 9.03. The van der Waals surface area contributed by atoms with Crippen molar-refractivity contribution < 1.29 is 28.7 Å². The van der Waals surface area contributed by atoms with E-state index < -0.39 is 36.2 Å². The lowest BCUT2D eigenvalue weighted by atomic mass is 9.85. The Labute approximate surface area is 268 Å². The number of likely N-dealkylation sites (N-methyl/N-ethyl adjacent to an activating group) is 1. The lowest BCUT2D eigenvalue weighted by Gasteiger charge is -2.38. The zero-order valence-electron chi connectivity index (χ0n) is 28.6. The molecule has 250 valence electrons. The van der Waals surface area contributed by atoms with E-state index in [4.69, 9.17) is 9.47 Å². The largest absolute Gasteiger partial charge is 0.496 e. The molecule has 7 unspecified atom stereocenters. The number of likely N-dealkylation sites (tertiary alicyclic amines) is 1. The molecule has 2 aliphatic rings. The summed E-state index contributed by atoms with van der Waals surface area (Å²) in [6, 6.07) is 2.10. The van der Waals surface area contributed by atoms with Crippen molar-refractivity contribution in [3.63, 3.8) is 0 Å². The van der Waals surface area contributed by atoms with Gasteiger partial charge < -0.3 is 30.3 Å². The van der Waals surface area contributed by atoms with Crippen LogP contribution in [0.15, 0.2) is 24.4 Å². The Hall–Kier alpha value is -3.60. The van der Waals surface area contributed by atoms with E-state index in [1.54, 1.807) is 31.4 Å². The third-order valence-corrected chi connectivity index (χ3v) is 9.03. The SMILES string of the molecule is CCC(C)C1NC(=O)C2C(CCN2C(=O)C(NC(=O)C(N(C)C)C(C)(C)C)C(C)CC)Oc2ccc(OC)c(c2)C=CNC1=O. The maximum absolute atomic E-state index is 14.4. The van der Waals surface area contributed by atoms with Crippen LogP contribution in [-0.2, 0) is 19.2 Å². The number of nitrogens with zero attached hydrogens (tertiary/aromatic N) is 2. The van der Waals surface area contributed by atoms with E-state index in [9.17, 15) is 19.2 Å². The van der Waals surface area contributed by atoms with Crippen LogP contribution in [0.1, 0.15) is 73.3 Å². The molecule has 0 aliphatic carbocycles. The number of benzene rings is 1. The number of rotatable bonds is 9. The van der Waals surface area contributed by atoms with Gasteiger partial charge in [0.1, 0.15) is 35.7 Å². The summed E-state index contributed by atoms with van der Waals surface area (Å²) in [7, 11) is 5.26. The molecule has 4 amide bonds. The van der Waals surface area contributed by atoms with Crippen molar-refractivity contribution in [2.45, 2.75) is 98.0 Å². The fourth-order valence-electron chi connectivity index (χ4n) is 6.28. The molecule has 1 aromatic carbocycles. The minimum atomic E-state index is -1.02. The smallest absolute Gasteiger partial charge is 0.247 e. The first kappa shape index (κ1) is 35.9. The van der Waals surface area contributed by atoms with Crippen molar-refractivity contribution in [1.29, 1.82) is 0 Å². The highest BCUT2D eigenvalue weighted by Gasteiger charge is 2.47. The van der Waals surface area contributed by atoms with Crippen LogP contribution < -0.4 is 25.4 Å². The lowest BCUT2D eigenvalue weighted by molar-refractivity contribution is -0.145. The molecular formula is C34H53N5O6. The van der Waals surface area contributed by atoms with Crippen LogP contribution in [0, 0.1) is 17.3 Å². The summed E-state index contributed by atoms with van der Waals surface area (Å²) in [6.07, 6.45) is 4.24. The number of hydrogen-bond acceptors (Lipinski definition) is 7. The van der Waals surface area contributed by atoms with Crippen molar-refractivity contribution in [2.24, 2.45) is 17.3 Å². The van der Waals surface area contributed by atoms with Crippen LogP contribution in [0.2, 0.25) is 0 Å². The maximum Gasteiger partial charge on any atom is 0.247 e. The molecule has 2 bridgehead atoms. The molecule has 0 spiro atoms. The van der Waals surface area contributed by atoms with Gasteiger partial charge in [-0.3, -0.25) is 24.1 Å². The van der Waals surface area contributed by atoms with E-state index in [1.165, 1.54) is 11.1 Å². The van der Waals surface area contributed by atoms with Gasteiger partial charge in [0.25, 0.3) is 0 Å². The van der Waals surface area contributed by atoms with Gasteiger partial charge in [0.15, 0.2) is 0 Å². The Kier molecular flexibility index (Phi) is 12.1. The topological polar surface area (TPSA) is 129 Å². The molecule has 45 heavy (non-hydrogen) atoms. The first-order chi connectivity index (χ1) is 21.1. The molecule has 3 rings (SSSR count). The van der Waals surface area contributed by atoms with E-state index >= 15 is 0 Å². The molecule has 7 atom stereocenters. The van der Waals surface area contributed by atoms with Crippen molar-refractivity contribution >= 4 is 29.7 Å². The van der Waals surface area contributed by atoms with Crippen molar-refractivity contribution in [2.75, 3.05) is 27.7 Å². The van der Waals surface area contributed by atoms with Crippen molar-refractivity contribution in [3.8, 4) is 11.5 Å². The van der Waals surface area contributed by atoms with Crippen LogP contribution in [0.25, 0.3) is 6.08 Å². The highest BCUT2D eigenvalue weighted by atomic mass is 16.5. The minimum absolute atomic E-state index is 0.180. The summed E-state index contributed by atoms with van der Waals surface area (Å²) in [5.74, 6) is -0.713. The molecular weight excluding hydrogens is 574 g/mol. The molecule has 11 heteroatoms. The normalized spacial score (nSPS) is 23.2. The molecule has 0 radical (unpaired) electrons. The van der Waals surface area contributed by atoms with Gasteiger partial charge in [0, 0.05) is 24.7 Å². The van der Waals surface area contributed by atoms with Gasteiger partial charge in [-0.05, 0) is 55.6 Å². The zero-order chi connectivity index (χ0) is 33.6. The molecule has 2 aliphatic heterocycles. The van der Waals surface area contributed by atoms with Crippen LogP contribution in [0.4, 0.5) is 0 Å². The number of nitrogens with one attached hydrogen (secondary N) is 3. The average molecular weight is 628 g/mol. The first-order valence-corrected chi connectivity index (χ1v) is 16.0. The van der Waals surface area contributed by atoms with Gasteiger partial charge in [-0.25, -0.2) is 0 Å². The zero-order valence-corrected chi connectivity index (χ0v) is 28.6. The van der Waals surface area contributed by atoms with E-state index in [1.807, 2.05) is 67.5 Å². The monoisotopic (exact) mass is 627 g/mol. The van der Waals surface area contributed by atoms with E-state index in [0.29, 0.717) is 36.3 Å². The predicted molar refractivity (Wildman–Crippen MR) is 174 cm³/mol. The molecule has 1 saturated heterocycles. The van der Waals surface area contributed by atoms with E-state index in [2.05, 4.69) is 16.0 Å². The second-order valence-corrected chi connectivity index (χ2v) is 13.6. The molecule has 1 aromatic rings. The van der Waals surface area contributed by atoms with Crippen molar-refractivity contribution in [1.82, 2.24) is 25.8 Å². The number of amides is 4. The standard InChI is InChI=1S/C34H53N5O6/c1-11-20(3)26-30(40)35-17-15-22-19-23(13-14-24(22)44-10)45-25-16-18-39(28(25)31(41)36-26)33(43)27(21(4)12-2)37-32(42)29(38(8)9)34(5,6)7/h13-15,17,19-21,25-29H,11-12,16,18H2,1-10H3,(H,35,40)(H,36,41)(H,37,42). The number of hydrogen-bond donors (Lipinski definition) is 3. The summed E-state index contributed by atoms with van der Waals surface area (Å²) in [6.45, 7) is 14.0. The Balaban J connectivity index is 2.05. The van der Waals surface area contributed by atoms with Gasteiger partial charge in [-0.2, -0.15) is 0 Å². The predicted octanol–water partition coefficient (Wildman–Crippen LogP) is 3.18. The Bertz CT molecular complexity index is 1260. The first-order valence-electron chi connectivity index (χ1n) is 16.0. The van der Waals surface area contributed by atoms with E-state index in [0.717, 1.165) is 0 Å². The van der Waals surface area contributed by atoms with Gasteiger partial charge in [0.2, 0.25) is 23.6 Å². The quantitative estimate of drug-likeness (QED) is 0.384. The maximum atomic E-state index is 14.4. The fraction of sp³-hybridized carbons (Fsp3) is 0.647. The van der Waals surface area contributed by atoms with Crippen molar-refractivity contribution in [3.05, 3.63) is 30.0 Å². The summed E-state index contributed by atoms with van der Waals surface area (Å²) in [5.41, 5.74) is 0.303. The molecule has 3 N–H and O–H groups in total. The van der Waals surface area contributed by atoms with Gasteiger partial charge in [-0.1, -0.05) is 61.3 Å². The van der Waals surface area contributed by atoms with E-state index in [-0.39, 0.29) is 41.5 Å².